The fourth-order valence-electron chi connectivity index (χ4n) is 1.91. The van der Waals surface area contributed by atoms with E-state index in [2.05, 4.69) is 25.3 Å². The number of nitrogens with two attached hydrogens (primary N) is 1. The van der Waals surface area contributed by atoms with Crippen LogP contribution in [0.3, 0.4) is 0 Å². The van der Waals surface area contributed by atoms with Crippen LogP contribution in [0.5, 0.6) is 5.75 Å². The third-order valence-corrected chi connectivity index (χ3v) is 3.13. The molecule has 3 N–H and O–H groups in total. The largest absolute Gasteiger partial charge is 0.494 e. The van der Waals surface area contributed by atoms with Gasteiger partial charge in [0.2, 0.25) is 0 Å². The summed E-state index contributed by atoms with van der Waals surface area (Å²) in [5.74, 6) is 7.24. The first-order valence-electron chi connectivity index (χ1n) is 6.40. The Labute approximate surface area is 104 Å². The van der Waals surface area contributed by atoms with Gasteiger partial charge in [-0.15, -0.1) is 0 Å². The zero-order chi connectivity index (χ0) is 12.7. The van der Waals surface area contributed by atoms with Crippen molar-refractivity contribution in [1.82, 2.24) is 5.43 Å². The van der Waals surface area contributed by atoms with E-state index in [1.54, 1.807) is 0 Å². The average Bonchev–Trinajstić information content (AvgIpc) is 2.37. The highest BCUT2D eigenvalue weighted by molar-refractivity contribution is 5.35. The molecule has 0 saturated carbocycles. The molecule has 17 heavy (non-hydrogen) atoms. The van der Waals surface area contributed by atoms with Crippen molar-refractivity contribution in [2.75, 3.05) is 6.61 Å². The van der Waals surface area contributed by atoms with E-state index in [-0.39, 0.29) is 6.04 Å². The molecule has 0 spiro atoms. The highest BCUT2D eigenvalue weighted by Crippen LogP contribution is 2.29. The third kappa shape index (κ3) is 4.02. The van der Waals surface area contributed by atoms with Crippen molar-refractivity contribution in [3.05, 3.63) is 29.8 Å². The molecule has 0 amide bonds. The van der Waals surface area contributed by atoms with E-state index < -0.39 is 0 Å². The van der Waals surface area contributed by atoms with Gasteiger partial charge in [-0.1, -0.05) is 38.5 Å². The van der Waals surface area contributed by atoms with Gasteiger partial charge in [0.05, 0.1) is 6.61 Å². The first-order chi connectivity index (χ1) is 8.22. The standard InChI is InChI=1S/C14H24N2O/c1-4-11(3)10-13(16-15)12-8-6-7-9-14(12)17-5-2/h6-9,11,13,16H,4-5,10,15H2,1-3H3. The Kier molecular flexibility index (Phi) is 6.01. The van der Waals surface area contributed by atoms with Crippen LogP contribution >= 0.6 is 0 Å². The van der Waals surface area contributed by atoms with Crippen LogP contribution in [-0.2, 0) is 0 Å². The molecular formula is C14H24N2O. The number of benzene rings is 1. The second-order valence-electron chi connectivity index (χ2n) is 4.44. The minimum absolute atomic E-state index is 0.160. The molecule has 0 fully saturated rings. The predicted octanol–water partition coefficient (Wildman–Crippen LogP) is 3.03. The van der Waals surface area contributed by atoms with Gasteiger partial charge in [0.15, 0.2) is 0 Å². The molecular weight excluding hydrogens is 212 g/mol. The molecule has 96 valence electrons. The Balaban J connectivity index is 2.86. The Morgan fingerprint density at radius 3 is 2.59 bits per heavy atom. The molecule has 0 aliphatic heterocycles. The lowest BCUT2D eigenvalue weighted by Crippen LogP contribution is -2.29. The summed E-state index contributed by atoms with van der Waals surface area (Å²) in [4.78, 5) is 0. The topological polar surface area (TPSA) is 47.3 Å². The minimum Gasteiger partial charge on any atom is -0.494 e. The Bertz CT molecular complexity index is 328. The SMILES string of the molecule is CCOc1ccccc1C(CC(C)CC)NN. The lowest BCUT2D eigenvalue weighted by Gasteiger charge is -2.22. The van der Waals surface area contributed by atoms with E-state index in [1.807, 2.05) is 25.1 Å². The quantitative estimate of drug-likeness (QED) is 0.565. The molecule has 1 aromatic rings. The van der Waals surface area contributed by atoms with Crippen molar-refractivity contribution in [3.8, 4) is 5.75 Å². The molecule has 3 heteroatoms. The molecule has 1 rings (SSSR count). The van der Waals surface area contributed by atoms with E-state index in [4.69, 9.17) is 10.6 Å². The van der Waals surface area contributed by atoms with Crippen molar-refractivity contribution >= 4 is 0 Å². The second kappa shape index (κ2) is 7.30. The molecule has 0 saturated heterocycles. The lowest BCUT2D eigenvalue weighted by molar-refractivity contribution is 0.324. The zero-order valence-electron chi connectivity index (χ0n) is 11.1. The van der Waals surface area contributed by atoms with Gasteiger partial charge in [-0.2, -0.15) is 0 Å². The average molecular weight is 236 g/mol. The van der Waals surface area contributed by atoms with E-state index in [1.165, 1.54) is 0 Å². The highest BCUT2D eigenvalue weighted by Gasteiger charge is 2.16. The van der Waals surface area contributed by atoms with Gasteiger partial charge in [0.25, 0.3) is 0 Å². The minimum atomic E-state index is 0.160. The maximum atomic E-state index is 5.67. The van der Waals surface area contributed by atoms with Gasteiger partial charge in [-0.3, -0.25) is 11.3 Å². The van der Waals surface area contributed by atoms with E-state index in [0.29, 0.717) is 12.5 Å². The number of hydrogen-bond donors (Lipinski definition) is 2. The summed E-state index contributed by atoms with van der Waals surface area (Å²) < 4.78 is 5.64. The zero-order valence-corrected chi connectivity index (χ0v) is 11.1. The van der Waals surface area contributed by atoms with Crippen LogP contribution in [0.25, 0.3) is 0 Å². The smallest absolute Gasteiger partial charge is 0.124 e. The van der Waals surface area contributed by atoms with Gasteiger partial charge in [0.1, 0.15) is 5.75 Å². The van der Waals surface area contributed by atoms with E-state index >= 15 is 0 Å². The molecule has 0 aliphatic rings. The van der Waals surface area contributed by atoms with E-state index in [0.717, 1.165) is 24.2 Å². The van der Waals surface area contributed by atoms with Gasteiger partial charge in [-0.25, -0.2) is 0 Å². The molecule has 0 radical (unpaired) electrons. The summed E-state index contributed by atoms with van der Waals surface area (Å²) in [5.41, 5.74) is 4.05. The van der Waals surface area contributed by atoms with Crippen molar-refractivity contribution in [2.24, 2.45) is 11.8 Å². The normalized spacial score (nSPS) is 14.4. The van der Waals surface area contributed by atoms with Crippen LogP contribution in [0.15, 0.2) is 24.3 Å². The fourth-order valence-corrected chi connectivity index (χ4v) is 1.91. The van der Waals surface area contributed by atoms with Crippen LogP contribution in [0.2, 0.25) is 0 Å². The Morgan fingerprint density at radius 2 is 2.00 bits per heavy atom. The molecule has 2 atom stereocenters. The molecule has 1 aromatic carbocycles. The summed E-state index contributed by atoms with van der Waals surface area (Å²) in [6.45, 7) is 7.12. The summed E-state index contributed by atoms with van der Waals surface area (Å²) >= 11 is 0. The number of nitrogens with one attached hydrogen (secondary N) is 1. The maximum Gasteiger partial charge on any atom is 0.124 e. The Hall–Kier alpha value is -1.06. The summed E-state index contributed by atoms with van der Waals surface area (Å²) in [6, 6.07) is 8.26. The lowest BCUT2D eigenvalue weighted by atomic mass is 9.94. The van der Waals surface area contributed by atoms with Crippen LogP contribution in [0, 0.1) is 5.92 Å². The number of ether oxygens (including phenoxy) is 1. The van der Waals surface area contributed by atoms with Gasteiger partial charge in [-0.05, 0) is 25.3 Å². The number of rotatable bonds is 7. The molecule has 2 unspecified atom stereocenters. The number of hydrazine groups is 1. The van der Waals surface area contributed by atoms with Crippen LogP contribution < -0.4 is 16.0 Å². The van der Waals surface area contributed by atoms with Crippen LogP contribution in [0.1, 0.15) is 45.2 Å². The molecule has 0 heterocycles. The molecule has 3 nitrogen and oxygen atoms in total. The van der Waals surface area contributed by atoms with Gasteiger partial charge in [0, 0.05) is 11.6 Å². The summed E-state index contributed by atoms with van der Waals surface area (Å²) in [7, 11) is 0. The van der Waals surface area contributed by atoms with Gasteiger partial charge < -0.3 is 4.74 Å². The fraction of sp³-hybridized carbons (Fsp3) is 0.571. The van der Waals surface area contributed by atoms with Crippen LogP contribution in [-0.4, -0.2) is 6.61 Å². The molecule has 0 aliphatic carbocycles. The van der Waals surface area contributed by atoms with Crippen LogP contribution in [0.4, 0.5) is 0 Å². The second-order valence-corrected chi connectivity index (χ2v) is 4.44. The third-order valence-electron chi connectivity index (χ3n) is 3.13. The maximum absolute atomic E-state index is 5.67. The monoisotopic (exact) mass is 236 g/mol. The molecule has 0 bridgehead atoms. The Morgan fingerprint density at radius 1 is 1.29 bits per heavy atom. The van der Waals surface area contributed by atoms with Crippen molar-refractivity contribution in [2.45, 2.75) is 39.7 Å². The summed E-state index contributed by atoms with van der Waals surface area (Å²) in [5, 5.41) is 0. The molecule has 0 aromatic heterocycles. The first-order valence-corrected chi connectivity index (χ1v) is 6.40. The van der Waals surface area contributed by atoms with Crippen molar-refractivity contribution in [1.29, 1.82) is 0 Å². The highest BCUT2D eigenvalue weighted by atomic mass is 16.5. The summed E-state index contributed by atoms with van der Waals surface area (Å²) in [6.07, 6.45) is 2.19. The van der Waals surface area contributed by atoms with Crippen molar-refractivity contribution < 1.29 is 4.74 Å². The van der Waals surface area contributed by atoms with Crippen molar-refractivity contribution in [3.63, 3.8) is 0 Å². The van der Waals surface area contributed by atoms with Gasteiger partial charge >= 0.3 is 0 Å². The first kappa shape index (κ1) is 14.0. The predicted molar refractivity (Wildman–Crippen MR) is 71.7 cm³/mol. The number of para-hydroxylation sites is 1. The van der Waals surface area contributed by atoms with E-state index in [9.17, 15) is 0 Å². The number of hydrogen-bond acceptors (Lipinski definition) is 3.